The predicted molar refractivity (Wildman–Crippen MR) is 127 cm³/mol. The van der Waals surface area contributed by atoms with Crippen molar-refractivity contribution in [3.05, 3.63) is 59.4 Å². The number of allylic oxidation sites excluding steroid dienone is 4. The van der Waals surface area contributed by atoms with Crippen molar-refractivity contribution in [2.24, 2.45) is 16.7 Å². The van der Waals surface area contributed by atoms with E-state index in [2.05, 4.69) is 26.1 Å². The molecule has 1 amide bonds. The number of nitrogens with one attached hydrogen (secondary N) is 1. The summed E-state index contributed by atoms with van der Waals surface area (Å²) in [4.78, 5) is 10.6. The lowest BCUT2D eigenvalue weighted by atomic mass is 9.58. The largest absolute Gasteiger partial charge is 0.465 e. The summed E-state index contributed by atoms with van der Waals surface area (Å²) in [7, 11) is 0. The maximum atomic E-state index is 16.9. The fraction of sp³-hybridized carbons (Fsp3) is 0.593. The second-order valence-electron chi connectivity index (χ2n) is 10.4. The SMILES string of the molecule is CCC1(C(C)CCCCCNC(=O)O)C=CC(F)=CC1(F)c1ccc(CC(C)(C)C)cc1. The van der Waals surface area contributed by atoms with E-state index in [9.17, 15) is 9.18 Å². The highest BCUT2D eigenvalue weighted by Crippen LogP contribution is 2.56. The van der Waals surface area contributed by atoms with Crippen LogP contribution in [-0.2, 0) is 12.1 Å². The normalized spacial score (nSPS) is 24.2. The average Bonchev–Trinajstić information content (AvgIpc) is 2.70. The Balaban J connectivity index is 2.22. The van der Waals surface area contributed by atoms with Crippen molar-refractivity contribution in [3.8, 4) is 0 Å². The van der Waals surface area contributed by atoms with Crippen LogP contribution in [0.15, 0.2) is 48.3 Å². The van der Waals surface area contributed by atoms with Gasteiger partial charge in [-0.05, 0) is 60.3 Å². The summed E-state index contributed by atoms with van der Waals surface area (Å²) < 4.78 is 31.2. The third kappa shape index (κ3) is 6.20. The molecule has 3 unspecified atom stereocenters. The zero-order chi connectivity index (χ0) is 24.0. The van der Waals surface area contributed by atoms with Gasteiger partial charge in [0.05, 0.1) is 0 Å². The van der Waals surface area contributed by atoms with E-state index in [0.29, 0.717) is 18.5 Å². The van der Waals surface area contributed by atoms with Gasteiger partial charge in [-0.25, -0.2) is 13.6 Å². The fourth-order valence-electron chi connectivity index (χ4n) is 5.00. The first kappa shape index (κ1) is 26.1. The molecule has 0 radical (unpaired) electrons. The summed E-state index contributed by atoms with van der Waals surface area (Å²) in [5.74, 6) is -0.554. The van der Waals surface area contributed by atoms with Gasteiger partial charge in [0.15, 0.2) is 5.67 Å². The predicted octanol–water partition coefficient (Wildman–Crippen LogP) is 7.72. The molecule has 0 saturated heterocycles. The van der Waals surface area contributed by atoms with Gasteiger partial charge in [-0.2, -0.15) is 0 Å². The van der Waals surface area contributed by atoms with Gasteiger partial charge < -0.3 is 10.4 Å². The Bertz CT molecular complexity index is 825. The second kappa shape index (κ2) is 10.6. The minimum atomic E-state index is -1.93. The highest BCUT2D eigenvalue weighted by molar-refractivity contribution is 5.64. The molecule has 0 saturated carbocycles. The Morgan fingerprint density at radius 3 is 2.38 bits per heavy atom. The Hall–Kier alpha value is -2.17. The lowest BCUT2D eigenvalue weighted by Crippen LogP contribution is -2.45. The van der Waals surface area contributed by atoms with Crippen LogP contribution in [0.3, 0.4) is 0 Å². The molecule has 3 atom stereocenters. The Kier molecular flexibility index (Phi) is 8.67. The van der Waals surface area contributed by atoms with Gasteiger partial charge in [-0.1, -0.05) is 77.8 Å². The van der Waals surface area contributed by atoms with E-state index in [1.165, 1.54) is 6.08 Å². The maximum absolute atomic E-state index is 16.9. The van der Waals surface area contributed by atoms with Crippen LogP contribution in [0.2, 0.25) is 0 Å². The first-order valence-electron chi connectivity index (χ1n) is 11.8. The first-order chi connectivity index (χ1) is 14.9. The summed E-state index contributed by atoms with van der Waals surface area (Å²) in [6.07, 6.45) is 7.99. The molecule has 32 heavy (non-hydrogen) atoms. The average molecular weight is 448 g/mol. The Labute approximate surface area is 192 Å². The molecule has 1 aromatic carbocycles. The van der Waals surface area contributed by atoms with Gasteiger partial charge in [0.1, 0.15) is 5.83 Å². The quantitative estimate of drug-likeness (QED) is 0.361. The minimum Gasteiger partial charge on any atom is -0.465 e. The van der Waals surface area contributed by atoms with Crippen LogP contribution in [0.25, 0.3) is 0 Å². The molecule has 0 aromatic heterocycles. The maximum Gasteiger partial charge on any atom is 0.404 e. The summed E-state index contributed by atoms with van der Waals surface area (Å²) in [5.41, 5.74) is -0.992. The van der Waals surface area contributed by atoms with Gasteiger partial charge in [0.25, 0.3) is 0 Å². The zero-order valence-corrected chi connectivity index (χ0v) is 20.2. The number of alkyl halides is 1. The number of hydrogen-bond donors (Lipinski definition) is 2. The molecule has 2 N–H and O–H groups in total. The van der Waals surface area contributed by atoms with E-state index in [-0.39, 0.29) is 11.3 Å². The smallest absolute Gasteiger partial charge is 0.404 e. The molecule has 178 valence electrons. The lowest BCUT2D eigenvalue weighted by Gasteiger charge is -2.48. The summed E-state index contributed by atoms with van der Waals surface area (Å²) in [6, 6.07) is 7.57. The monoisotopic (exact) mass is 447 g/mol. The van der Waals surface area contributed by atoms with Crippen LogP contribution in [-0.4, -0.2) is 17.7 Å². The van der Waals surface area contributed by atoms with Crippen molar-refractivity contribution >= 4 is 6.09 Å². The van der Waals surface area contributed by atoms with Gasteiger partial charge in [-0.3, -0.25) is 0 Å². The molecule has 1 aliphatic carbocycles. The molecule has 0 fully saturated rings. The molecule has 2 rings (SSSR count). The van der Waals surface area contributed by atoms with Crippen LogP contribution < -0.4 is 5.32 Å². The van der Waals surface area contributed by atoms with Crippen molar-refractivity contribution in [2.75, 3.05) is 6.54 Å². The van der Waals surface area contributed by atoms with Gasteiger partial charge in [-0.15, -0.1) is 0 Å². The lowest BCUT2D eigenvalue weighted by molar-refractivity contribution is 0.0117. The number of halogens is 2. The van der Waals surface area contributed by atoms with Gasteiger partial charge in [0, 0.05) is 12.0 Å². The highest BCUT2D eigenvalue weighted by Gasteiger charge is 2.53. The molecular formula is C27H39F2NO2. The first-order valence-corrected chi connectivity index (χ1v) is 11.8. The molecule has 0 bridgehead atoms. The van der Waals surface area contributed by atoms with Crippen molar-refractivity contribution < 1.29 is 18.7 Å². The van der Waals surface area contributed by atoms with E-state index < -0.39 is 23.0 Å². The number of unbranched alkanes of at least 4 members (excludes halogenated alkanes) is 2. The number of carboxylic acid groups (broad SMARTS) is 1. The third-order valence-electron chi connectivity index (χ3n) is 6.72. The summed E-state index contributed by atoms with van der Waals surface area (Å²) in [5, 5.41) is 11.0. The van der Waals surface area contributed by atoms with Crippen molar-refractivity contribution in [3.63, 3.8) is 0 Å². The molecule has 0 aliphatic heterocycles. The van der Waals surface area contributed by atoms with E-state index in [1.807, 2.05) is 38.1 Å². The van der Waals surface area contributed by atoms with Crippen molar-refractivity contribution in [1.82, 2.24) is 5.32 Å². The van der Waals surface area contributed by atoms with Crippen LogP contribution in [0.4, 0.5) is 13.6 Å². The molecule has 1 aromatic rings. The molecule has 5 heteroatoms. The fourth-order valence-corrected chi connectivity index (χ4v) is 5.00. The van der Waals surface area contributed by atoms with Crippen LogP contribution in [0.1, 0.15) is 77.8 Å². The second-order valence-corrected chi connectivity index (χ2v) is 10.4. The van der Waals surface area contributed by atoms with E-state index in [4.69, 9.17) is 5.11 Å². The third-order valence-corrected chi connectivity index (χ3v) is 6.72. The number of amides is 1. The van der Waals surface area contributed by atoms with Crippen LogP contribution in [0.5, 0.6) is 0 Å². The minimum absolute atomic E-state index is 0.0141. The van der Waals surface area contributed by atoms with Crippen molar-refractivity contribution in [1.29, 1.82) is 0 Å². The number of hydrogen-bond acceptors (Lipinski definition) is 1. The highest BCUT2D eigenvalue weighted by atomic mass is 19.1. The molecular weight excluding hydrogens is 408 g/mol. The van der Waals surface area contributed by atoms with E-state index >= 15 is 4.39 Å². The van der Waals surface area contributed by atoms with E-state index in [0.717, 1.165) is 43.7 Å². The Morgan fingerprint density at radius 1 is 1.16 bits per heavy atom. The zero-order valence-electron chi connectivity index (χ0n) is 20.2. The summed E-state index contributed by atoms with van der Waals surface area (Å²) in [6.45, 7) is 10.9. The Morgan fingerprint density at radius 2 is 1.81 bits per heavy atom. The molecule has 3 nitrogen and oxygen atoms in total. The van der Waals surface area contributed by atoms with Crippen molar-refractivity contribution in [2.45, 2.75) is 78.8 Å². The van der Waals surface area contributed by atoms with Crippen LogP contribution in [0, 0.1) is 16.7 Å². The number of rotatable bonds is 10. The van der Waals surface area contributed by atoms with E-state index in [1.54, 1.807) is 6.08 Å². The number of benzene rings is 1. The molecule has 0 heterocycles. The summed E-state index contributed by atoms with van der Waals surface area (Å²) >= 11 is 0. The topological polar surface area (TPSA) is 49.3 Å². The standard InChI is InChI=1S/C27H39F2NO2/c1-6-26(20(2)10-8-7-9-17-30-24(31)32)16-15-23(28)19-27(26,29)22-13-11-21(12-14-22)18-25(3,4)5/h11-16,19-20,30H,6-10,17-18H2,1-5H3,(H,31,32). The molecule has 1 aliphatic rings. The number of carbonyl (C=O) groups is 1. The molecule has 0 spiro atoms. The van der Waals surface area contributed by atoms with Crippen LogP contribution >= 0.6 is 0 Å². The van der Waals surface area contributed by atoms with Gasteiger partial charge in [0.2, 0.25) is 0 Å². The van der Waals surface area contributed by atoms with Gasteiger partial charge >= 0.3 is 6.09 Å².